The third kappa shape index (κ3) is 3.47. The monoisotopic (exact) mass is 251 g/mol. The summed E-state index contributed by atoms with van der Waals surface area (Å²) in [6.45, 7) is 4.54. The molecule has 0 radical (unpaired) electrons. The van der Waals surface area contributed by atoms with E-state index in [2.05, 4.69) is 36.5 Å². The first-order chi connectivity index (χ1) is 8.31. The Morgan fingerprint density at radius 3 is 3.12 bits per heavy atom. The number of thioether (sulfide) groups is 1. The van der Waals surface area contributed by atoms with E-state index in [1.165, 1.54) is 16.2 Å². The van der Waals surface area contributed by atoms with Crippen molar-refractivity contribution in [2.24, 2.45) is 5.92 Å². The van der Waals surface area contributed by atoms with Gasteiger partial charge < -0.3 is 10.4 Å². The molecule has 1 heterocycles. The van der Waals surface area contributed by atoms with Crippen molar-refractivity contribution in [2.45, 2.75) is 24.2 Å². The van der Waals surface area contributed by atoms with Crippen LogP contribution in [-0.4, -0.2) is 30.6 Å². The minimum absolute atomic E-state index is 0.297. The van der Waals surface area contributed by atoms with E-state index in [0.717, 1.165) is 19.5 Å². The quantitative estimate of drug-likeness (QED) is 0.814. The van der Waals surface area contributed by atoms with Gasteiger partial charge in [-0.2, -0.15) is 0 Å². The van der Waals surface area contributed by atoms with Crippen LogP contribution in [-0.2, 0) is 0 Å². The molecule has 1 aliphatic rings. The molecule has 17 heavy (non-hydrogen) atoms. The van der Waals surface area contributed by atoms with Crippen molar-refractivity contribution < 1.29 is 5.11 Å². The second-order valence-corrected chi connectivity index (χ2v) is 5.88. The maximum absolute atomic E-state index is 8.85. The third-order valence-electron chi connectivity index (χ3n) is 3.30. The van der Waals surface area contributed by atoms with E-state index < -0.39 is 0 Å². The summed E-state index contributed by atoms with van der Waals surface area (Å²) in [4.78, 5) is 1.45. The van der Waals surface area contributed by atoms with Gasteiger partial charge in [-0.3, -0.25) is 0 Å². The molecule has 0 fully saturated rings. The fourth-order valence-corrected chi connectivity index (χ4v) is 3.48. The molecule has 2 N–H and O–H groups in total. The molecule has 2 atom stereocenters. The second kappa shape index (κ2) is 6.43. The molecule has 1 aliphatic heterocycles. The van der Waals surface area contributed by atoms with E-state index in [1.54, 1.807) is 0 Å². The molecule has 0 bridgehead atoms. The standard InChI is InChI=1S/C14H21NOS/c1-11(6-7-16)8-15-9-12-10-17-14-5-3-2-4-13(12)14/h2-5,11-12,15-16H,6-10H2,1H3. The minimum atomic E-state index is 0.297. The van der Waals surface area contributed by atoms with E-state index in [9.17, 15) is 0 Å². The van der Waals surface area contributed by atoms with Gasteiger partial charge in [0, 0.05) is 29.7 Å². The van der Waals surface area contributed by atoms with Gasteiger partial charge in [0.1, 0.15) is 0 Å². The molecule has 2 nitrogen and oxygen atoms in total. The lowest BCUT2D eigenvalue weighted by Gasteiger charge is -2.15. The highest BCUT2D eigenvalue weighted by Crippen LogP contribution is 2.38. The SMILES string of the molecule is CC(CCO)CNCC1CSc2ccccc21. The normalized spacial score (nSPS) is 20.2. The summed E-state index contributed by atoms with van der Waals surface area (Å²) in [6.07, 6.45) is 0.892. The summed E-state index contributed by atoms with van der Waals surface area (Å²) < 4.78 is 0. The Kier molecular flexibility index (Phi) is 4.89. The van der Waals surface area contributed by atoms with Crippen molar-refractivity contribution in [3.63, 3.8) is 0 Å². The number of fused-ring (bicyclic) bond motifs is 1. The van der Waals surface area contributed by atoms with E-state index >= 15 is 0 Å². The van der Waals surface area contributed by atoms with Crippen molar-refractivity contribution in [3.8, 4) is 0 Å². The molecule has 2 rings (SSSR count). The molecule has 0 aromatic heterocycles. The topological polar surface area (TPSA) is 32.3 Å². The van der Waals surface area contributed by atoms with Crippen LogP contribution in [0.15, 0.2) is 29.2 Å². The lowest BCUT2D eigenvalue weighted by Crippen LogP contribution is -2.26. The van der Waals surface area contributed by atoms with Crippen molar-refractivity contribution in [2.75, 3.05) is 25.4 Å². The molecule has 94 valence electrons. The minimum Gasteiger partial charge on any atom is -0.396 e. The second-order valence-electron chi connectivity index (χ2n) is 4.82. The zero-order chi connectivity index (χ0) is 12.1. The molecule has 1 aromatic carbocycles. The Morgan fingerprint density at radius 1 is 1.47 bits per heavy atom. The van der Waals surface area contributed by atoms with Crippen LogP contribution < -0.4 is 5.32 Å². The summed E-state index contributed by atoms with van der Waals surface area (Å²) in [5.74, 6) is 2.41. The van der Waals surface area contributed by atoms with Crippen LogP contribution in [0.5, 0.6) is 0 Å². The maximum Gasteiger partial charge on any atom is 0.0434 e. The molecule has 3 heteroatoms. The predicted molar refractivity (Wildman–Crippen MR) is 73.6 cm³/mol. The zero-order valence-electron chi connectivity index (χ0n) is 10.4. The van der Waals surface area contributed by atoms with Crippen LogP contribution in [0.4, 0.5) is 0 Å². The molecular weight excluding hydrogens is 230 g/mol. The lowest BCUT2D eigenvalue weighted by atomic mass is 10.0. The maximum atomic E-state index is 8.85. The molecule has 1 aromatic rings. The highest BCUT2D eigenvalue weighted by atomic mass is 32.2. The Labute approximate surface area is 108 Å². The third-order valence-corrected chi connectivity index (χ3v) is 4.56. The van der Waals surface area contributed by atoms with E-state index in [4.69, 9.17) is 5.11 Å². The van der Waals surface area contributed by atoms with Crippen molar-refractivity contribution in [3.05, 3.63) is 29.8 Å². The fraction of sp³-hybridized carbons (Fsp3) is 0.571. The van der Waals surface area contributed by atoms with Gasteiger partial charge in [-0.25, -0.2) is 0 Å². The predicted octanol–water partition coefficient (Wildman–Crippen LogP) is 2.48. The van der Waals surface area contributed by atoms with Gasteiger partial charge >= 0.3 is 0 Å². The van der Waals surface area contributed by atoms with Gasteiger partial charge in [0.25, 0.3) is 0 Å². The number of hydrogen-bond acceptors (Lipinski definition) is 3. The molecule has 0 spiro atoms. The first-order valence-corrected chi connectivity index (χ1v) is 7.33. The van der Waals surface area contributed by atoms with E-state index in [0.29, 0.717) is 18.4 Å². The molecule has 2 unspecified atom stereocenters. The first-order valence-electron chi connectivity index (χ1n) is 6.34. The van der Waals surface area contributed by atoms with E-state index in [-0.39, 0.29) is 0 Å². The van der Waals surface area contributed by atoms with Crippen molar-refractivity contribution >= 4 is 11.8 Å². The molecule has 0 saturated carbocycles. The Balaban J connectivity index is 1.78. The van der Waals surface area contributed by atoms with Crippen molar-refractivity contribution in [1.29, 1.82) is 0 Å². The van der Waals surface area contributed by atoms with Gasteiger partial charge in [-0.05, 0) is 30.5 Å². The number of aliphatic hydroxyl groups excluding tert-OH is 1. The van der Waals surface area contributed by atoms with Crippen LogP contribution in [0.1, 0.15) is 24.8 Å². The highest BCUT2D eigenvalue weighted by Gasteiger charge is 2.21. The molecule has 0 amide bonds. The Bertz CT molecular complexity index is 356. The summed E-state index contributed by atoms with van der Waals surface area (Å²) >= 11 is 1.97. The van der Waals surface area contributed by atoms with Crippen LogP contribution in [0.2, 0.25) is 0 Å². The summed E-state index contributed by atoms with van der Waals surface area (Å²) in [6, 6.07) is 8.71. The molecule has 0 aliphatic carbocycles. The number of hydrogen-bond donors (Lipinski definition) is 2. The van der Waals surface area contributed by atoms with Gasteiger partial charge in [0.15, 0.2) is 0 Å². The summed E-state index contributed by atoms with van der Waals surface area (Å²) in [5, 5.41) is 12.4. The summed E-state index contributed by atoms with van der Waals surface area (Å²) in [7, 11) is 0. The molecular formula is C14H21NOS. The summed E-state index contributed by atoms with van der Waals surface area (Å²) in [5.41, 5.74) is 1.50. The van der Waals surface area contributed by atoms with Crippen LogP contribution >= 0.6 is 11.8 Å². The largest absolute Gasteiger partial charge is 0.396 e. The van der Waals surface area contributed by atoms with Crippen LogP contribution in [0.25, 0.3) is 0 Å². The lowest BCUT2D eigenvalue weighted by molar-refractivity contribution is 0.260. The molecule has 0 saturated heterocycles. The van der Waals surface area contributed by atoms with Crippen LogP contribution in [0, 0.1) is 5.92 Å². The Hall–Kier alpha value is -0.510. The van der Waals surface area contributed by atoms with Gasteiger partial charge in [-0.15, -0.1) is 11.8 Å². The number of benzene rings is 1. The Morgan fingerprint density at radius 2 is 2.29 bits per heavy atom. The highest BCUT2D eigenvalue weighted by molar-refractivity contribution is 7.99. The fourth-order valence-electron chi connectivity index (χ4n) is 2.22. The van der Waals surface area contributed by atoms with Crippen LogP contribution in [0.3, 0.4) is 0 Å². The number of nitrogens with one attached hydrogen (secondary N) is 1. The van der Waals surface area contributed by atoms with Gasteiger partial charge in [0.05, 0.1) is 0 Å². The smallest absolute Gasteiger partial charge is 0.0434 e. The van der Waals surface area contributed by atoms with Gasteiger partial charge in [0.2, 0.25) is 0 Å². The zero-order valence-corrected chi connectivity index (χ0v) is 11.2. The first kappa shape index (κ1) is 12.9. The average molecular weight is 251 g/mol. The van der Waals surface area contributed by atoms with Crippen molar-refractivity contribution in [1.82, 2.24) is 5.32 Å². The van der Waals surface area contributed by atoms with E-state index in [1.807, 2.05) is 11.8 Å². The average Bonchev–Trinajstić information content (AvgIpc) is 2.73. The van der Waals surface area contributed by atoms with Gasteiger partial charge in [-0.1, -0.05) is 25.1 Å². The number of rotatable bonds is 6. The number of aliphatic hydroxyl groups is 1.